The summed E-state index contributed by atoms with van der Waals surface area (Å²) in [4.78, 5) is 2.35. The highest BCUT2D eigenvalue weighted by Gasteiger charge is 2.18. The maximum Gasteiger partial charge on any atom is 0.0598 e. The van der Waals surface area contributed by atoms with E-state index in [0.29, 0.717) is 6.04 Å². The van der Waals surface area contributed by atoms with Gasteiger partial charge in [-0.1, -0.05) is 5.92 Å². The number of hydrogen-bond acceptors (Lipinski definition) is 2. The quantitative estimate of drug-likeness (QED) is 0.663. The molecule has 2 nitrogen and oxygen atoms in total. The normalized spacial score (nSPS) is 17.4. The van der Waals surface area contributed by atoms with Gasteiger partial charge in [-0.2, -0.15) is 0 Å². The Labute approximate surface area is 123 Å². The number of halogens is 1. The fourth-order valence-electron chi connectivity index (χ4n) is 2.37. The van der Waals surface area contributed by atoms with Gasteiger partial charge >= 0.3 is 0 Å². The number of piperidine rings is 1. The minimum absolute atomic E-state index is 0.581. The standard InChI is InChI=1S/C15H19IN2/c1-3-8-18-9-6-14(7-10-18)17-15-5-4-13(16)11-12(15)2/h1,4-5,11,14,17H,6-10H2,2H3. The van der Waals surface area contributed by atoms with Crippen molar-refractivity contribution in [3.05, 3.63) is 27.3 Å². The van der Waals surface area contributed by atoms with Crippen LogP contribution in [0.15, 0.2) is 18.2 Å². The molecule has 1 aliphatic heterocycles. The molecule has 18 heavy (non-hydrogen) atoms. The first kappa shape index (κ1) is 13.7. The van der Waals surface area contributed by atoms with Crippen LogP contribution < -0.4 is 5.32 Å². The molecule has 0 atom stereocenters. The molecule has 1 aromatic rings. The highest BCUT2D eigenvalue weighted by molar-refractivity contribution is 14.1. The lowest BCUT2D eigenvalue weighted by atomic mass is 10.0. The molecule has 0 radical (unpaired) electrons. The lowest BCUT2D eigenvalue weighted by Crippen LogP contribution is -2.39. The third-order valence-corrected chi connectivity index (χ3v) is 4.12. The smallest absolute Gasteiger partial charge is 0.0598 e. The Morgan fingerprint density at radius 2 is 2.17 bits per heavy atom. The van der Waals surface area contributed by atoms with Crippen LogP contribution in [0.2, 0.25) is 0 Å². The number of aryl methyl sites for hydroxylation is 1. The molecule has 0 bridgehead atoms. The van der Waals surface area contributed by atoms with Crippen molar-refractivity contribution in [2.24, 2.45) is 0 Å². The monoisotopic (exact) mass is 354 g/mol. The first-order chi connectivity index (χ1) is 8.69. The van der Waals surface area contributed by atoms with Gasteiger partial charge in [0.1, 0.15) is 0 Å². The molecule has 1 heterocycles. The Balaban J connectivity index is 1.90. The summed E-state index contributed by atoms with van der Waals surface area (Å²) in [6, 6.07) is 7.14. The second-order valence-electron chi connectivity index (χ2n) is 4.86. The van der Waals surface area contributed by atoms with E-state index in [2.05, 4.69) is 63.9 Å². The van der Waals surface area contributed by atoms with Crippen LogP contribution in [-0.2, 0) is 0 Å². The zero-order valence-corrected chi connectivity index (χ0v) is 12.9. The van der Waals surface area contributed by atoms with E-state index < -0.39 is 0 Å². The topological polar surface area (TPSA) is 15.3 Å². The highest BCUT2D eigenvalue weighted by atomic mass is 127. The third-order valence-electron chi connectivity index (χ3n) is 3.45. The Bertz CT molecular complexity index is 442. The summed E-state index contributed by atoms with van der Waals surface area (Å²) in [6.45, 7) is 5.16. The number of anilines is 1. The fourth-order valence-corrected chi connectivity index (χ4v) is 3.02. The van der Waals surface area contributed by atoms with Crippen LogP contribution in [0.3, 0.4) is 0 Å². The van der Waals surface area contributed by atoms with E-state index >= 15 is 0 Å². The van der Waals surface area contributed by atoms with Gasteiger partial charge in [0.15, 0.2) is 0 Å². The molecular weight excluding hydrogens is 335 g/mol. The van der Waals surface area contributed by atoms with E-state index in [4.69, 9.17) is 6.42 Å². The average Bonchev–Trinajstić information content (AvgIpc) is 2.35. The number of nitrogens with one attached hydrogen (secondary N) is 1. The predicted molar refractivity (Wildman–Crippen MR) is 85.8 cm³/mol. The van der Waals surface area contributed by atoms with Crippen molar-refractivity contribution < 1.29 is 0 Å². The molecule has 1 aliphatic rings. The number of nitrogens with zero attached hydrogens (tertiary/aromatic N) is 1. The van der Waals surface area contributed by atoms with Crippen LogP contribution in [0.5, 0.6) is 0 Å². The molecule has 0 spiro atoms. The predicted octanol–water partition coefficient (Wildman–Crippen LogP) is 3.11. The molecule has 0 saturated carbocycles. The van der Waals surface area contributed by atoms with Gasteiger partial charge < -0.3 is 5.32 Å². The summed E-state index contributed by atoms with van der Waals surface area (Å²) in [5.41, 5.74) is 2.60. The zero-order chi connectivity index (χ0) is 13.0. The molecule has 1 fully saturated rings. The Hall–Kier alpha value is -0.730. The van der Waals surface area contributed by atoms with E-state index in [1.54, 1.807) is 0 Å². The summed E-state index contributed by atoms with van der Waals surface area (Å²) in [5, 5.41) is 3.66. The molecule has 1 saturated heterocycles. The van der Waals surface area contributed by atoms with Gasteiger partial charge in [-0.25, -0.2) is 0 Å². The Morgan fingerprint density at radius 3 is 2.78 bits per heavy atom. The van der Waals surface area contributed by atoms with E-state index in [9.17, 15) is 0 Å². The molecule has 96 valence electrons. The molecular formula is C15H19IN2. The van der Waals surface area contributed by atoms with Crippen molar-refractivity contribution in [2.75, 3.05) is 25.0 Å². The molecule has 0 aliphatic carbocycles. The number of benzene rings is 1. The van der Waals surface area contributed by atoms with Crippen LogP contribution >= 0.6 is 22.6 Å². The van der Waals surface area contributed by atoms with Gasteiger partial charge in [-0.05, 0) is 66.1 Å². The van der Waals surface area contributed by atoms with Crippen LogP contribution in [0.1, 0.15) is 18.4 Å². The lowest BCUT2D eigenvalue weighted by molar-refractivity contribution is 0.243. The molecule has 1 aromatic carbocycles. The van der Waals surface area contributed by atoms with Gasteiger partial charge in [0.05, 0.1) is 6.54 Å². The molecule has 2 rings (SSSR count). The fraction of sp³-hybridized carbons (Fsp3) is 0.467. The van der Waals surface area contributed by atoms with Crippen molar-refractivity contribution in [3.63, 3.8) is 0 Å². The maximum atomic E-state index is 5.34. The van der Waals surface area contributed by atoms with Gasteiger partial charge in [-0.3, -0.25) is 4.90 Å². The largest absolute Gasteiger partial charge is 0.382 e. The number of rotatable bonds is 3. The minimum atomic E-state index is 0.581. The summed E-state index contributed by atoms with van der Waals surface area (Å²) in [6.07, 6.45) is 7.69. The first-order valence-electron chi connectivity index (χ1n) is 6.37. The van der Waals surface area contributed by atoms with Gasteiger partial charge in [0.2, 0.25) is 0 Å². The molecule has 0 unspecified atom stereocenters. The second kappa shape index (κ2) is 6.44. The Kier molecular flexibility index (Phi) is 4.90. The first-order valence-corrected chi connectivity index (χ1v) is 7.45. The van der Waals surface area contributed by atoms with Crippen LogP contribution in [0.25, 0.3) is 0 Å². The van der Waals surface area contributed by atoms with E-state index in [1.165, 1.54) is 27.7 Å². The molecule has 1 N–H and O–H groups in total. The van der Waals surface area contributed by atoms with Gasteiger partial charge in [0, 0.05) is 28.4 Å². The van der Waals surface area contributed by atoms with Gasteiger partial charge in [-0.15, -0.1) is 6.42 Å². The van der Waals surface area contributed by atoms with E-state index in [-0.39, 0.29) is 0 Å². The van der Waals surface area contributed by atoms with Crippen molar-refractivity contribution in [2.45, 2.75) is 25.8 Å². The minimum Gasteiger partial charge on any atom is -0.382 e. The summed E-state index contributed by atoms with van der Waals surface area (Å²) >= 11 is 2.35. The summed E-state index contributed by atoms with van der Waals surface area (Å²) < 4.78 is 1.29. The summed E-state index contributed by atoms with van der Waals surface area (Å²) in [5.74, 6) is 2.72. The number of likely N-dealkylation sites (tertiary alicyclic amines) is 1. The van der Waals surface area contributed by atoms with Crippen molar-refractivity contribution in [3.8, 4) is 12.3 Å². The summed E-state index contributed by atoms with van der Waals surface area (Å²) in [7, 11) is 0. The highest BCUT2D eigenvalue weighted by Crippen LogP contribution is 2.21. The molecule has 0 amide bonds. The van der Waals surface area contributed by atoms with Crippen molar-refractivity contribution >= 4 is 28.3 Å². The lowest BCUT2D eigenvalue weighted by Gasteiger charge is -2.32. The van der Waals surface area contributed by atoms with Crippen molar-refractivity contribution in [1.82, 2.24) is 4.90 Å². The average molecular weight is 354 g/mol. The third kappa shape index (κ3) is 3.63. The van der Waals surface area contributed by atoms with E-state index in [1.807, 2.05) is 0 Å². The number of terminal acetylenes is 1. The van der Waals surface area contributed by atoms with Crippen LogP contribution in [0, 0.1) is 22.8 Å². The molecule has 0 aromatic heterocycles. The second-order valence-corrected chi connectivity index (χ2v) is 6.10. The van der Waals surface area contributed by atoms with E-state index in [0.717, 1.165) is 19.6 Å². The molecule has 3 heteroatoms. The van der Waals surface area contributed by atoms with Crippen LogP contribution in [0.4, 0.5) is 5.69 Å². The number of hydrogen-bond donors (Lipinski definition) is 1. The van der Waals surface area contributed by atoms with Crippen LogP contribution in [-0.4, -0.2) is 30.6 Å². The zero-order valence-electron chi connectivity index (χ0n) is 10.7. The maximum absolute atomic E-state index is 5.34. The SMILES string of the molecule is C#CCN1CCC(Nc2ccc(I)cc2C)CC1. The Morgan fingerprint density at radius 1 is 1.44 bits per heavy atom. The van der Waals surface area contributed by atoms with Crippen molar-refractivity contribution in [1.29, 1.82) is 0 Å². The van der Waals surface area contributed by atoms with Gasteiger partial charge in [0.25, 0.3) is 0 Å².